The van der Waals surface area contributed by atoms with Gasteiger partial charge in [0.05, 0.1) is 38.2 Å². The number of carbonyl (C=O) groups is 1. The van der Waals surface area contributed by atoms with Crippen molar-refractivity contribution in [3.8, 4) is 5.75 Å². The number of rotatable bonds is 7. The van der Waals surface area contributed by atoms with Crippen molar-refractivity contribution in [1.82, 2.24) is 0 Å². The van der Waals surface area contributed by atoms with Crippen LogP contribution in [0.5, 0.6) is 5.75 Å². The Balaban J connectivity index is 0.00000289. The topological polar surface area (TPSA) is 51.2 Å². The minimum atomic E-state index is -0.419. The number of anilines is 2. The van der Waals surface area contributed by atoms with Crippen molar-refractivity contribution in [2.75, 3.05) is 49.8 Å². The van der Waals surface area contributed by atoms with Crippen LogP contribution in [0.1, 0.15) is 38.7 Å². The lowest BCUT2D eigenvalue weighted by Gasteiger charge is -2.29. The van der Waals surface area contributed by atoms with Crippen LogP contribution in [0.25, 0.3) is 0 Å². The van der Waals surface area contributed by atoms with Gasteiger partial charge in [0.2, 0.25) is 0 Å². The van der Waals surface area contributed by atoms with Gasteiger partial charge in [-0.15, -0.1) is 0 Å². The van der Waals surface area contributed by atoms with Crippen molar-refractivity contribution in [1.29, 1.82) is 0 Å². The predicted octanol–water partition coefficient (Wildman–Crippen LogP) is 5.22. The number of benzene rings is 2. The summed E-state index contributed by atoms with van der Waals surface area (Å²) in [6, 6.07) is 13.0. The van der Waals surface area contributed by atoms with Crippen molar-refractivity contribution in [3.63, 3.8) is 0 Å². The van der Waals surface area contributed by atoms with Crippen molar-refractivity contribution in [3.05, 3.63) is 53.8 Å². The van der Waals surface area contributed by atoms with E-state index in [1.165, 1.54) is 16.5 Å². The third-order valence-electron chi connectivity index (χ3n) is 6.05. The van der Waals surface area contributed by atoms with Crippen molar-refractivity contribution in [2.45, 2.75) is 39.2 Å². The summed E-state index contributed by atoms with van der Waals surface area (Å²) < 4.78 is 30.9. The zero-order chi connectivity index (χ0) is 21.8. The van der Waals surface area contributed by atoms with Gasteiger partial charge in [-0.3, -0.25) is 4.90 Å². The fourth-order valence-electron chi connectivity index (χ4n) is 4.16. The van der Waals surface area contributed by atoms with Crippen molar-refractivity contribution in [2.24, 2.45) is 0 Å². The number of methoxy groups -OCH3 is 1. The Kier molecular flexibility index (Phi) is 7.96. The van der Waals surface area contributed by atoms with E-state index >= 15 is 0 Å². The minimum Gasteiger partial charge on any atom is -0.497 e. The van der Waals surface area contributed by atoms with E-state index in [0.717, 1.165) is 18.6 Å². The number of halogens is 1. The lowest BCUT2D eigenvalue weighted by molar-refractivity contribution is 0.122. The fourth-order valence-corrected chi connectivity index (χ4v) is 4.16. The maximum atomic E-state index is 14.7. The molecule has 4 rings (SSSR count). The highest BCUT2D eigenvalue weighted by Crippen LogP contribution is 2.31. The average molecular weight is 445 g/mol. The van der Waals surface area contributed by atoms with Gasteiger partial charge in [-0.25, -0.2) is 9.18 Å². The second-order valence-corrected chi connectivity index (χ2v) is 8.11. The molecule has 0 aliphatic carbocycles. The first-order chi connectivity index (χ1) is 15.0. The highest BCUT2D eigenvalue weighted by molar-refractivity contribution is 5.90. The summed E-state index contributed by atoms with van der Waals surface area (Å²) in [6.45, 7) is 5.10. The summed E-state index contributed by atoms with van der Waals surface area (Å²) >= 11 is 0. The number of amides is 1. The zero-order valence-electron chi connectivity index (χ0n) is 18.1. The summed E-state index contributed by atoms with van der Waals surface area (Å²) in [5.74, 6) is 0.820. The van der Waals surface area contributed by atoms with Gasteiger partial charge in [0.25, 0.3) is 0 Å². The molecule has 174 valence electrons. The third-order valence-corrected chi connectivity index (χ3v) is 6.05. The molecular weight excluding hydrogens is 411 g/mol. The minimum absolute atomic E-state index is 0. The summed E-state index contributed by atoms with van der Waals surface area (Å²) in [7, 11) is 1.66. The first-order valence-electron chi connectivity index (χ1n) is 10.8. The van der Waals surface area contributed by atoms with E-state index in [9.17, 15) is 9.18 Å². The van der Waals surface area contributed by atoms with Crippen LogP contribution in [0.3, 0.4) is 0 Å². The first kappa shape index (κ1) is 23.9. The molecule has 2 heterocycles. The van der Waals surface area contributed by atoms with E-state index in [1.807, 2.05) is 23.1 Å². The Morgan fingerprint density at radius 3 is 2.69 bits per heavy atom. The molecule has 2 saturated heterocycles. The highest BCUT2D eigenvalue weighted by atomic mass is 19.1. The molecule has 2 aliphatic heterocycles. The highest BCUT2D eigenvalue weighted by Gasteiger charge is 2.33. The monoisotopic (exact) mass is 444 g/mol. The van der Waals surface area contributed by atoms with Crippen LogP contribution in [0.4, 0.5) is 20.6 Å². The maximum Gasteiger partial charge on any atom is 0.414 e. The number of cyclic esters (lactones) is 1. The SMILES string of the molecule is C.COc1cccc([C@H](C)CC[C@@H]2CN(c3ccc(N4CCOCC4)c(F)c3)C(=O)O2)c1. The third kappa shape index (κ3) is 5.33. The Labute approximate surface area is 189 Å². The first-order valence-corrected chi connectivity index (χ1v) is 10.8. The van der Waals surface area contributed by atoms with Gasteiger partial charge in [0.15, 0.2) is 0 Å². The average Bonchev–Trinajstić information content (AvgIpc) is 3.18. The molecule has 0 aromatic heterocycles. The molecule has 2 aliphatic rings. The van der Waals surface area contributed by atoms with Crippen LogP contribution >= 0.6 is 0 Å². The molecule has 2 aromatic rings. The summed E-state index contributed by atoms with van der Waals surface area (Å²) in [5, 5.41) is 0. The lowest BCUT2D eigenvalue weighted by atomic mass is 9.94. The number of ether oxygens (including phenoxy) is 3. The van der Waals surface area contributed by atoms with Crippen LogP contribution in [0.2, 0.25) is 0 Å². The van der Waals surface area contributed by atoms with Crippen LogP contribution in [0.15, 0.2) is 42.5 Å². The molecular formula is C25H33FN2O4. The van der Waals surface area contributed by atoms with Gasteiger partial charge in [-0.2, -0.15) is 0 Å². The van der Waals surface area contributed by atoms with Gasteiger partial charge in [-0.05, 0) is 54.7 Å². The predicted molar refractivity (Wildman–Crippen MR) is 124 cm³/mol. The molecule has 6 nitrogen and oxygen atoms in total. The van der Waals surface area contributed by atoms with Crippen LogP contribution in [-0.4, -0.2) is 52.2 Å². The van der Waals surface area contributed by atoms with Crippen LogP contribution in [-0.2, 0) is 9.47 Å². The van der Waals surface area contributed by atoms with E-state index in [1.54, 1.807) is 19.2 Å². The summed E-state index contributed by atoms with van der Waals surface area (Å²) in [5.41, 5.74) is 2.27. The molecule has 0 bridgehead atoms. The largest absolute Gasteiger partial charge is 0.497 e. The smallest absolute Gasteiger partial charge is 0.414 e. The number of hydrogen-bond acceptors (Lipinski definition) is 5. The van der Waals surface area contributed by atoms with Gasteiger partial charge in [-0.1, -0.05) is 26.5 Å². The normalized spacial score (nSPS) is 19.3. The lowest BCUT2D eigenvalue weighted by Crippen LogP contribution is -2.36. The molecule has 32 heavy (non-hydrogen) atoms. The molecule has 2 atom stereocenters. The molecule has 7 heteroatoms. The summed E-state index contributed by atoms with van der Waals surface area (Å²) in [6.07, 6.45) is 0.998. The molecule has 2 aromatic carbocycles. The molecule has 2 fully saturated rings. The second-order valence-electron chi connectivity index (χ2n) is 8.11. The Hall–Kier alpha value is -2.80. The van der Waals surface area contributed by atoms with Crippen LogP contribution in [0, 0.1) is 5.82 Å². The van der Waals surface area contributed by atoms with E-state index in [2.05, 4.69) is 13.0 Å². The molecule has 0 unspecified atom stereocenters. The van der Waals surface area contributed by atoms with Gasteiger partial charge < -0.3 is 19.1 Å². The van der Waals surface area contributed by atoms with E-state index in [0.29, 0.717) is 50.1 Å². The Morgan fingerprint density at radius 2 is 1.97 bits per heavy atom. The quantitative estimate of drug-likeness (QED) is 0.586. The molecule has 0 saturated carbocycles. The number of nitrogens with zero attached hydrogens (tertiary/aromatic N) is 2. The molecule has 0 radical (unpaired) electrons. The molecule has 1 amide bonds. The molecule has 0 N–H and O–H groups in total. The van der Waals surface area contributed by atoms with Crippen molar-refractivity contribution < 1.29 is 23.4 Å². The fraction of sp³-hybridized carbons (Fsp3) is 0.480. The van der Waals surface area contributed by atoms with E-state index in [4.69, 9.17) is 14.2 Å². The van der Waals surface area contributed by atoms with Gasteiger partial charge >= 0.3 is 6.09 Å². The zero-order valence-corrected chi connectivity index (χ0v) is 18.1. The van der Waals surface area contributed by atoms with Crippen LogP contribution < -0.4 is 14.5 Å². The standard InChI is InChI=1S/C24H29FN2O4.CH4/c1-17(18-4-3-5-20(14-18)29-2)6-8-21-16-27(24(28)31-21)19-7-9-23(22(25)15-19)26-10-12-30-13-11-26;/h3-5,7,9,14-15,17,21H,6,8,10-13,16H2,1-2H3;1H4/t17-,21-;/m1./s1. The van der Waals surface area contributed by atoms with E-state index in [-0.39, 0.29) is 19.3 Å². The van der Waals surface area contributed by atoms with Gasteiger partial charge in [0, 0.05) is 13.1 Å². The number of morpholine rings is 1. The molecule has 0 spiro atoms. The Bertz CT molecular complexity index is 917. The van der Waals surface area contributed by atoms with Gasteiger partial charge in [0.1, 0.15) is 17.7 Å². The van der Waals surface area contributed by atoms with Crippen molar-refractivity contribution >= 4 is 17.5 Å². The second kappa shape index (κ2) is 10.7. The summed E-state index contributed by atoms with van der Waals surface area (Å²) in [4.78, 5) is 15.9. The maximum absolute atomic E-state index is 14.7. The Morgan fingerprint density at radius 1 is 1.19 bits per heavy atom. The van der Waals surface area contributed by atoms with E-state index < -0.39 is 6.09 Å². The number of carbonyl (C=O) groups excluding carboxylic acids is 1. The number of hydrogen-bond donors (Lipinski definition) is 0.